The van der Waals surface area contributed by atoms with E-state index >= 15 is 0 Å². The lowest BCUT2D eigenvalue weighted by Gasteiger charge is -2.45. The van der Waals surface area contributed by atoms with Crippen molar-refractivity contribution in [3.05, 3.63) is 89.8 Å². The Morgan fingerprint density at radius 1 is 0.912 bits per heavy atom. The van der Waals surface area contributed by atoms with Crippen LogP contribution in [-0.4, -0.2) is 95.0 Å². The number of carboxylic acid groups (broad SMARTS) is 1. The molecule has 4 aromatic rings. The fraction of sp³-hybridized carbons (Fsp3) is 0.463. The summed E-state index contributed by atoms with van der Waals surface area (Å²) in [6.45, 7) is 8.01. The number of unbranched alkanes of at least 4 members (excludes halogenated alkanes) is 2. The summed E-state index contributed by atoms with van der Waals surface area (Å²) in [4.78, 5) is 47.3. The molecule has 4 N–H and O–H groups in total. The predicted molar refractivity (Wildman–Crippen MR) is 209 cm³/mol. The van der Waals surface area contributed by atoms with Crippen molar-refractivity contribution in [1.29, 1.82) is 0 Å². The molecule has 2 aromatic heterocycles. The lowest BCUT2D eigenvalue weighted by molar-refractivity contribution is -0.142. The molecule has 1 aliphatic rings. The fourth-order valence-electron chi connectivity index (χ4n) is 6.39. The summed E-state index contributed by atoms with van der Waals surface area (Å²) in [7, 11) is 0. The van der Waals surface area contributed by atoms with Gasteiger partial charge in [-0.3, -0.25) is 14.7 Å². The normalized spacial score (nSPS) is 13.8. The topological polar surface area (TPSA) is 190 Å². The molecule has 1 saturated heterocycles. The zero-order chi connectivity index (χ0) is 40.7. The molecule has 5 rings (SSSR count). The first-order valence-corrected chi connectivity index (χ1v) is 19.2. The van der Waals surface area contributed by atoms with E-state index in [4.69, 9.17) is 24.1 Å². The second kappa shape index (κ2) is 20.6. The highest BCUT2D eigenvalue weighted by atomic mass is 19.1. The van der Waals surface area contributed by atoms with Gasteiger partial charge in [0.1, 0.15) is 29.3 Å². The zero-order valence-electron chi connectivity index (χ0n) is 32.7. The van der Waals surface area contributed by atoms with Gasteiger partial charge in [0.05, 0.1) is 6.61 Å². The number of amides is 2. The molecule has 0 saturated carbocycles. The van der Waals surface area contributed by atoms with E-state index in [1.54, 1.807) is 74.5 Å². The standard InChI is InChI=1S/C41H52FN7O8/c1-40(2,3)57-39(53)49(41(15-19-44-20-16-41)38-46-36(47-48-38)29-13-17-43-18-14-29)32-10-7-9-30(25-32)37(52)45-27-31-26-33(11-12-34(31)42)56-24-6-4-5-21-54-22-8-23-55-28-35(50)51/h7,9-14,17-18,25-26,44H,4-6,8,15-16,19-24,27-28H2,1-3H3,(H,45,52)(H,50,51)(H,46,47,48). The summed E-state index contributed by atoms with van der Waals surface area (Å²) in [6.07, 6.45) is 6.79. The van der Waals surface area contributed by atoms with E-state index in [9.17, 15) is 18.8 Å². The van der Waals surface area contributed by atoms with E-state index < -0.39 is 34.9 Å². The molecular weight excluding hydrogens is 737 g/mol. The van der Waals surface area contributed by atoms with Gasteiger partial charge in [-0.2, -0.15) is 0 Å². The molecule has 16 heteroatoms. The highest BCUT2D eigenvalue weighted by Crippen LogP contribution is 2.40. The van der Waals surface area contributed by atoms with Crippen molar-refractivity contribution in [3.8, 4) is 17.1 Å². The van der Waals surface area contributed by atoms with Crippen molar-refractivity contribution in [2.45, 2.75) is 77.0 Å². The minimum atomic E-state index is -1.00. The number of carbonyl (C=O) groups excluding carboxylic acids is 2. The molecule has 0 radical (unpaired) electrons. The van der Waals surface area contributed by atoms with Gasteiger partial charge in [-0.15, -0.1) is 10.2 Å². The lowest BCUT2D eigenvalue weighted by atomic mass is 9.85. The van der Waals surface area contributed by atoms with Crippen LogP contribution in [0.15, 0.2) is 67.0 Å². The van der Waals surface area contributed by atoms with Gasteiger partial charge in [0, 0.05) is 61.1 Å². The number of aromatic amines is 1. The Balaban J connectivity index is 1.23. The summed E-state index contributed by atoms with van der Waals surface area (Å²) in [5.41, 5.74) is -0.0711. The van der Waals surface area contributed by atoms with Crippen LogP contribution in [0.4, 0.5) is 14.9 Å². The molecule has 1 fully saturated rings. The summed E-state index contributed by atoms with van der Waals surface area (Å²) in [6, 6.07) is 14.8. The van der Waals surface area contributed by atoms with Gasteiger partial charge in [0.15, 0.2) is 11.6 Å². The molecule has 1 aliphatic heterocycles. The Morgan fingerprint density at radius 2 is 1.65 bits per heavy atom. The number of nitrogens with zero attached hydrogens (tertiary/aromatic N) is 4. The van der Waals surface area contributed by atoms with Crippen molar-refractivity contribution < 1.29 is 42.8 Å². The van der Waals surface area contributed by atoms with Gasteiger partial charge in [0.25, 0.3) is 5.91 Å². The molecule has 2 amide bonds. The number of rotatable bonds is 20. The molecule has 57 heavy (non-hydrogen) atoms. The van der Waals surface area contributed by atoms with Gasteiger partial charge in [-0.25, -0.2) is 14.0 Å². The van der Waals surface area contributed by atoms with Gasteiger partial charge >= 0.3 is 12.1 Å². The van der Waals surface area contributed by atoms with Crippen molar-refractivity contribution >= 4 is 23.7 Å². The number of piperidine rings is 1. The Bertz CT molecular complexity index is 1910. The summed E-state index contributed by atoms with van der Waals surface area (Å²) in [5, 5.41) is 23.7. The van der Waals surface area contributed by atoms with Crippen LogP contribution in [0.25, 0.3) is 11.4 Å². The number of H-pyrrole nitrogens is 1. The van der Waals surface area contributed by atoms with Crippen molar-refractivity contribution in [2.75, 3.05) is 51.0 Å². The molecule has 0 spiro atoms. The number of halogens is 1. The van der Waals surface area contributed by atoms with Crippen LogP contribution in [0, 0.1) is 5.82 Å². The van der Waals surface area contributed by atoms with Crippen molar-refractivity contribution in [3.63, 3.8) is 0 Å². The highest BCUT2D eigenvalue weighted by molar-refractivity contribution is 5.97. The highest BCUT2D eigenvalue weighted by Gasteiger charge is 2.48. The van der Waals surface area contributed by atoms with E-state index in [0.29, 0.717) is 81.9 Å². The predicted octanol–water partition coefficient (Wildman–Crippen LogP) is 6.01. The van der Waals surface area contributed by atoms with E-state index in [1.807, 2.05) is 12.1 Å². The molecule has 2 aromatic carbocycles. The lowest BCUT2D eigenvalue weighted by Crippen LogP contribution is -2.56. The summed E-state index contributed by atoms with van der Waals surface area (Å²) >= 11 is 0. The maximum absolute atomic E-state index is 14.9. The molecule has 0 bridgehead atoms. The Kier molecular flexibility index (Phi) is 15.5. The number of hydrogen-bond acceptors (Lipinski definition) is 11. The minimum Gasteiger partial charge on any atom is -0.494 e. The quantitative estimate of drug-likeness (QED) is 0.0764. The number of benzene rings is 2. The molecule has 0 unspecified atom stereocenters. The van der Waals surface area contributed by atoms with E-state index in [2.05, 4.69) is 30.8 Å². The number of ether oxygens (including phenoxy) is 4. The molecule has 15 nitrogen and oxygen atoms in total. The Morgan fingerprint density at radius 3 is 2.40 bits per heavy atom. The van der Waals surface area contributed by atoms with Gasteiger partial charge in [0.2, 0.25) is 0 Å². The van der Waals surface area contributed by atoms with Crippen LogP contribution in [-0.2, 0) is 31.1 Å². The van der Waals surface area contributed by atoms with Crippen LogP contribution in [0.5, 0.6) is 5.75 Å². The number of nitrogens with one attached hydrogen (secondary N) is 3. The second-order valence-electron chi connectivity index (χ2n) is 14.7. The second-order valence-corrected chi connectivity index (χ2v) is 14.7. The number of aliphatic carboxylic acids is 1. The maximum Gasteiger partial charge on any atom is 0.415 e. The zero-order valence-corrected chi connectivity index (χ0v) is 32.7. The molecule has 3 heterocycles. The number of aromatic nitrogens is 4. The molecule has 0 aliphatic carbocycles. The Hall–Kier alpha value is -5.45. The fourth-order valence-corrected chi connectivity index (χ4v) is 6.39. The molecular formula is C41H52FN7O8. The molecule has 0 atom stereocenters. The average Bonchev–Trinajstić information content (AvgIpc) is 3.70. The number of carboxylic acids is 1. The van der Waals surface area contributed by atoms with Crippen LogP contribution in [0.1, 0.15) is 81.0 Å². The SMILES string of the molecule is CC(C)(C)OC(=O)N(c1cccc(C(=O)NCc2cc(OCCCCCOCCCOCC(=O)O)ccc2F)c1)C1(c2nnc(-c3ccncc3)[nH]2)CCNCC1. The third-order valence-corrected chi connectivity index (χ3v) is 9.14. The first kappa shape index (κ1) is 42.7. The smallest absolute Gasteiger partial charge is 0.415 e. The summed E-state index contributed by atoms with van der Waals surface area (Å²) in [5.74, 6) is -0.433. The van der Waals surface area contributed by atoms with Gasteiger partial charge in [-0.05, 0) is 121 Å². The van der Waals surface area contributed by atoms with E-state index in [-0.39, 0.29) is 24.3 Å². The summed E-state index contributed by atoms with van der Waals surface area (Å²) < 4.78 is 37.2. The van der Waals surface area contributed by atoms with Crippen molar-refractivity contribution in [2.24, 2.45) is 0 Å². The minimum absolute atomic E-state index is 0.0913. The van der Waals surface area contributed by atoms with Crippen molar-refractivity contribution in [1.82, 2.24) is 30.8 Å². The van der Waals surface area contributed by atoms with E-state index in [0.717, 1.165) is 24.8 Å². The number of hydrogen-bond donors (Lipinski definition) is 4. The third-order valence-electron chi connectivity index (χ3n) is 9.14. The first-order chi connectivity index (χ1) is 27.4. The third kappa shape index (κ3) is 12.5. The van der Waals surface area contributed by atoms with Crippen LogP contribution < -0.4 is 20.3 Å². The first-order valence-electron chi connectivity index (χ1n) is 19.2. The van der Waals surface area contributed by atoms with Gasteiger partial charge in [-0.1, -0.05) is 6.07 Å². The Labute approximate surface area is 331 Å². The van der Waals surface area contributed by atoms with E-state index in [1.165, 1.54) is 6.07 Å². The number of anilines is 1. The maximum atomic E-state index is 14.9. The monoisotopic (exact) mass is 789 g/mol. The number of pyridine rings is 1. The largest absolute Gasteiger partial charge is 0.494 e. The number of carbonyl (C=O) groups is 3. The molecule has 306 valence electrons. The van der Waals surface area contributed by atoms with Crippen LogP contribution >= 0.6 is 0 Å². The van der Waals surface area contributed by atoms with Gasteiger partial charge < -0.3 is 39.7 Å². The van der Waals surface area contributed by atoms with Crippen LogP contribution in [0.3, 0.4) is 0 Å². The average molecular weight is 790 g/mol. The van der Waals surface area contributed by atoms with Crippen LogP contribution in [0.2, 0.25) is 0 Å².